The van der Waals surface area contributed by atoms with E-state index in [1.54, 1.807) is 13.8 Å². The largest absolute Gasteiger partial charge is 0.480 e. The summed E-state index contributed by atoms with van der Waals surface area (Å²) < 4.78 is 32.3. The van der Waals surface area contributed by atoms with Gasteiger partial charge in [-0.25, -0.2) is 0 Å². The lowest BCUT2D eigenvalue weighted by Crippen LogP contribution is -2.51. The second-order valence-corrected chi connectivity index (χ2v) is 6.10. The Morgan fingerprint density at radius 3 is 2.60 bits per heavy atom. The first kappa shape index (κ1) is 16.9. The van der Waals surface area contributed by atoms with Gasteiger partial charge in [0.1, 0.15) is 12.1 Å². The molecule has 1 saturated heterocycles. The molecular formula is C11H20N2O6S. The molecule has 1 heterocycles. The third kappa shape index (κ3) is 3.90. The lowest BCUT2D eigenvalue weighted by molar-refractivity contribution is -0.146. The second-order valence-electron chi connectivity index (χ2n) is 4.44. The molecule has 1 rings (SSSR count). The minimum absolute atomic E-state index is 0.118. The van der Waals surface area contributed by atoms with Crippen LogP contribution in [0.1, 0.15) is 33.1 Å². The van der Waals surface area contributed by atoms with E-state index < -0.39 is 34.2 Å². The van der Waals surface area contributed by atoms with Crippen LogP contribution in [0.2, 0.25) is 0 Å². The van der Waals surface area contributed by atoms with Gasteiger partial charge in [-0.05, 0) is 26.2 Å². The molecule has 2 atom stereocenters. The lowest BCUT2D eigenvalue weighted by Gasteiger charge is -2.24. The van der Waals surface area contributed by atoms with Gasteiger partial charge in [0.15, 0.2) is 0 Å². The summed E-state index contributed by atoms with van der Waals surface area (Å²) in [5.74, 6) is -1.85. The van der Waals surface area contributed by atoms with Crippen LogP contribution in [0.4, 0.5) is 0 Å². The van der Waals surface area contributed by atoms with E-state index in [1.165, 1.54) is 0 Å². The average Bonchev–Trinajstić information content (AvgIpc) is 2.86. The number of carbonyl (C=O) groups excluding carboxylic acids is 1. The van der Waals surface area contributed by atoms with Crippen molar-refractivity contribution in [1.82, 2.24) is 9.03 Å². The number of ether oxygens (including phenoxy) is 1. The Bertz CT molecular complexity index is 464. The number of hydrogen-bond donors (Lipinski definition) is 2. The first-order chi connectivity index (χ1) is 9.33. The smallest absolute Gasteiger partial charge is 0.324 e. The monoisotopic (exact) mass is 308 g/mol. The maximum absolute atomic E-state index is 12.2. The van der Waals surface area contributed by atoms with E-state index in [9.17, 15) is 18.0 Å². The number of carboxylic acid groups (broad SMARTS) is 1. The Morgan fingerprint density at radius 1 is 1.45 bits per heavy atom. The van der Waals surface area contributed by atoms with Crippen LogP contribution in [-0.4, -0.2) is 55.0 Å². The first-order valence-electron chi connectivity index (χ1n) is 6.52. The Labute approximate surface area is 118 Å². The lowest BCUT2D eigenvalue weighted by atomic mass is 10.2. The highest BCUT2D eigenvalue weighted by atomic mass is 32.2. The molecule has 8 nitrogen and oxygen atoms in total. The zero-order valence-electron chi connectivity index (χ0n) is 11.5. The number of carboxylic acids is 1. The molecule has 0 spiro atoms. The van der Waals surface area contributed by atoms with Gasteiger partial charge in [-0.1, -0.05) is 6.92 Å². The van der Waals surface area contributed by atoms with E-state index in [0.717, 1.165) is 4.31 Å². The molecule has 1 aliphatic rings. The standard InChI is InChI=1S/C11H20N2O6S/c1-3-8(10(14)15)12-20(17,18)13-7-5-6-9(13)11(16)19-4-2/h8-9,12H,3-7H2,1-2H3,(H,14,15)/t8-,9?/m1/s1. The highest BCUT2D eigenvalue weighted by Gasteiger charge is 2.40. The SMILES string of the molecule is CCOC(=O)C1CCCN1S(=O)(=O)N[C@H](CC)C(=O)O. The normalized spacial score (nSPS) is 21.6. The molecule has 0 aliphatic carbocycles. The van der Waals surface area contributed by atoms with Gasteiger partial charge in [0.2, 0.25) is 0 Å². The van der Waals surface area contributed by atoms with Gasteiger partial charge in [0.05, 0.1) is 6.61 Å². The Morgan fingerprint density at radius 2 is 2.10 bits per heavy atom. The van der Waals surface area contributed by atoms with Gasteiger partial charge in [0.25, 0.3) is 10.2 Å². The van der Waals surface area contributed by atoms with Gasteiger partial charge in [-0.15, -0.1) is 0 Å². The molecule has 0 aromatic rings. The number of rotatable bonds is 7. The molecule has 116 valence electrons. The highest BCUT2D eigenvalue weighted by molar-refractivity contribution is 7.87. The molecule has 0 aromatic carbocycles. The topological polar surface area (TPSA) is 113 Å². The summed E-state index contributed by atoms with van der Waals surface area (Å²) in [4.78, 5) is 22.6. The molecule has 2 N–H and O–H groups in total. The number of esters is 1. The van der Waals surface area contributed by atoms with Crippen LogP contribution in [0.3, 0.4) is 0 Å². The van der Waals surface area contributed by atoms with Crippen molar-refractivity contribution < 1.29 is 27.9 Å². The van der Waals surface area contributed by atoms with Crippen LogP contribution in [-0.2, 0) is 24.5 Å². The van der Waals surface area contributed by atoms with Crippen molar-refractivity contribution in [2.45, 2.75) is 45.2 Å². The van der Waals surface area contributed by atoms with E-state index in [4.69, 9.17) is 9.84 Å². The van der Waals surface area contributed by atoms with Crippen LogP contribution >= 0.6 is 0 Å². The Kier molecular flexibility index (Phi) is 5.90. The zero-order valence-corrected chi connectivity index (χ0v) is 12.4. The third-order valence-corrected chi connectivity index (χ3v) is 4.71. The zero-order chi connectivity index (χ0) is 15.3. The number of aliphatic carboxylic acids is 1. The van der Waals surface area contributed by atoms with Crippen LogP contribution in [0, 0.1) is 0 Å². The minimum Gasteiger partial charge on any atom is -0.480 e. The summed E-state index contributed by atoms with van der Waals surface area (Å²) in [6, 6.07) is -2.08. The number of nitrogens with one attached hydrogen (secondary N) is 1. The van der Waals surface area contributed by atoms with E-state index in [-0.39, 0.29) is 19.6 Å². The van der Waals surface area contributed by atoms with Crippen molar-refractivity contribution in [2.24, 2.45) is 0 Å². The molecule has 0 amide bonds. The summed E-state index contributed by atoms with van der Waals surface area (Å²) >= 11 is 0. The van der Waals surface area contributed by atoms with Gasteiger partial charge < -0.3 is 9.84 Å². The maximum atomic E-state index is 12.2. The van der Waals surface area contributed by atoms with Crippen LogP contribution in [0.15, 0.2) is 0 Å². The molecule has 0 bridgehead atoms. The van der Waals surface area contributed by atoms with E-state index in [2.05, 4.69) is 4.72 Å². The molecule has 20 heavy (non-hydrogen) atoms. The molecular weight excluding hydrogens is 288 g/mol. The second kappa shape index (κ2) is 7.00. The minimum atomic E-state index is -4.03. The van der Waals surface area contributed by atoms with Crippen molar-refractivity contribution in [2.75, 3.05) is 13.2 Å². The summed E-state index contributed by atoms with van der Waals surface area (Å²) in [6.07, 6.45) is 1.03. The van der Waals surface area contributed by atoms with Gasteiger partial charge in [-0.3, -0.25) is 9.59 Å². The van der Waals surface area contributed by atoms with Crippen molar-refractivity contribution in [3.8, 4) is 0 Å². The average molecular weight is 308 g/mol. The number of carbonyl (C=O) groups is 2. The highest BCUT2D eigenvalue weighted by Crippen LogP contribution is 2.21. The Balaban J connectivity index is 2.85. The van der Waals surface area contributed by atoms with Gasteiger partial charge >= 0.3 is 11.9 Å². The van der Waals surface area contributed by atoms with E-state index in [0.29, 0.717) is 12.8 Å². The van der Waals surface area contributed by atoms with Crippen molar-refractivity contribution >= 4 is 22.1 Å². The summed E-state index contributed by atoms with van der Waals surface area (Å²) in [5, 5.41) is 8.90. The third-order valence-electron chi connectivity index (χ3n) is 3.07. The molecule has 0 radical (unpaired) electrons. The van der Waals surface area contributed by atoms with Gasteiger partial charge in [-0.2, -0.15) is 17.4 Å². The summed E-state index contributed by atoms with van der Waals surface area (Å²) in [6.45, 7) is 3.55. The summed E-state index contributed by atoms with van der Waals surface area (Å²) in [5.41, 5.74) is 0. The molecule has 1 fully saturated rings. The summed E-state index contributed by atoms with van der Waals surface area (Å²) in [7, 11) is -4.03. The quantitative estimate of drug-likeness (QED) is 0.625. The fourth-order valence-corrected chi connectivity index (χ4v) is 3.72. The van der Waals surface area contributed by atoms with Crippen LogP contribution in [0.5, 0.6) is 0 Å². The predicted octanol–water partition coefficient (Wildman–Crippen LogP) is -0.288. The molecule has 0 saturated carbocycles. The van der Waals surface area contributed by atoms with Crippen LogP contribution < -0.4 is 4.72 Å². The van der Waals surface area contributed by atoms with Crippen molar-refractivity contribution in [1.29, 1.82) is 0 Å². The molecule has 9 heteroatoms. The van der Waals surface area contributed by atoms with E-state index >= 15 is 0 Å². The predicted molar refractivity (Wildman–Crippen MR) is 70.1 cm³/mol. The number of hydrogen-bond acceptors (Lipinski definition) is 5. The first-order valence-corrected chi connectivity index (χ1v) is 7.96. The fourth-order valence-electron chi connectivity index (χ4n) is 2.06. The maximum Gasteiger partial charge on any atom is 0.324 e. The fraction of sp³-hybridized carbons (Fsp3) is 0.818. The van der Waals surface area contributed by atoms with Crippen molar-refractivity contribution in [3.63, 3.8) is 0 Å². The number of nitrogens with zero attached hydrogens (tertiary/aromatic N) is 1. The van der Waals surface area contributed by atoms with Gasteiger partial charge in [0, 0.05) is 6.54 Å². The van der Waals surface area contributed by atoms with Crippen LogP contribution in [0.25, 0.3) is 0 Å². The molecule has 1 aliphatic heterocycles. The van der Waals surface area contributed by atoms with E-state index in [1.807, 2.05) is 0 Å². The molecule has 1 unspecified atom stereocenters. The molecule has 0 aromatic heterocycles. The Hall–Kier alpha value is -1.19. The van der Waals surface area contributed by atoms with Crippen molar-refractivity contribution in [3.05, 3.63) is 0 Å².